The summed E-state index contributed by atoms with van der Waals surface area (Å²) in [4.78, 5) is 27.8. The smallest absolute Gasteiger partial charge is 0.419 e. The van der Waals surface area contributed by atoms with Crippen molar-refractivity contribution in [2.75, 3.05) is 14.1 Å². The van der Waals surface area contributed by atoms with Crippen molar-refractivity contribution in [1.29, 1.82) is 0 Å². The van der Waals surface area contributed by atoms with Gasteiger partial charge in [-0.05, 0) is 55.9 Å². The van der Waals surface area contributed by atoms with Gasteiger partial charge in [-0.15, -0.1) is 0 Å². The third-order valence-electron chi connectivity index (χ3n) is 5.10. The third-order valence-corrected chi connectivity index (χ3v) is 5.10. The third kappa shape index (κ3) is 5.18. The van der Waals surface area contributed by atoms with Crippen molar-refractivity contribution in [3.8, 4) is 0 Å². The van der Waals surface area contributed by atoms with Gasteiger partial charge in [0.1, 0.15) is 11.9 Å². The lowest BCUT2D eigenvalue weighted by Crippen LogP contribution is -2.44. The molecule has 10 heteroatoms. The maximum absolute atomic E-state index is 13.8. The van der Waals surface area contributed by atoms with Crippen molar-refractivity contribution in [3.05, 3.63) is 70.5 Å². The number of alkyl halides is 3. The zero-order chi connectivity index (χ0) is 23.6. The van der Waals surface area contributed by atoms with E-state index in [1.54, 1.807) is 0 Å². The largest absolute Gasteiger partial charge is 0.439 e. The molecule has 2 atom stereocenters. The summed E-state index contributed by atoms with van der Waals surface area (Å²) in [5.74, 6) is -1.11. The summed E-state index contributed by atoms with van der Waals surface area (Å²) in [6.45, 7) is 2.24. The summed E-state index contributed by atoms with van der Waals surface area (Å²) in [7, 11) is 3.82. The molecule has 0 unspecified atom stereocenters. The van der Waals surface area contributed by atoms with E-state index in [1.165, 1.54) is 6.92 Å². The molecule has 2 aromatic carbocycles. The fraction of sp³-hybridized carbons (Fsp3) is 0.364. The van der Waals surface area contributed by atoms with E-state index in [9.17, 15) is 27.2 Å². The number of amides is 3. The van der Waals surface area contributed by atoms with Crippen LogP contribution in [0.4, 0.5) is 27.2 Å². The van der Waals surface area contributed by atoms with Crippen molar-refractivity contribution < 1.29 is 31.9 Å². The van der Waals surface area contributed by atoms with Gasteiger partial charge >= 0.3 is 18.3 Å². The second-order valence-electron chi connectivity index (χ2n) is 7.85. The molecule has 3 rings (SSSR count). The number of hydrogen-bond donors (Lipinski definition) is 1. The summed E-state index contributed by atoms with van der Waals surface area (Å²) in [6.07, 6.45) is -7.01. The van der Waals surface area contributed by atoms with Crippen molar-refractivity contribution in [2.24, 2.45) is 0 Å². The molecule has 32 heavy (non-hydrogen) atoms. The van der Waals surface area contributed by atoms with Crippen LogP contribution in [0.15, 0.2) is 42.5 Å². The summed E-state index contributed by atoms with van der Waals surface area (Å²) >= 11 is 0. The number of carbonyl (C=O) groups excluding carboxylic acids is 2. The number of urea groups is 1. The highest BCUT2D eigenvalue weighted by Gasteiger charge is 2.44. The van der Waals surface area contributed by atoms with Crippen LogP contribution in [-0.4, -0.2) is 42.1 Å². The zero-order valence-corrected chi connectivity index (χ0v) is 17.7. The van der Waals surface area contributed by atoms with E-state index in [-0.39, 0.29) is 12.1 Å². The van der Waals surface area contributed by atoms with E-state index >= 15 is 0 Å². The molecule has 6 nitrogen and oxygen atoms in total. The number of hydrogen-bond acceptors (Lipinski definition) is 4. The quantitative estimate of drug-likeness (QED) is 0.667. The van der Waals surface area contributed by atoms with Crippen LogP contribution in [-0.2, 0) is 24.0 Å². The highest BCUT2D eigenvalue weighted by Crippen LogP contribution is 2.37. The molecule has 1 fully saturated rings. The molecule has 172 valence electrons. The number of nitrogens with one attached hydrogen (secondary N) is 1. The molecule has 0 spiro atoms. The lowest BCUT2D eigenvalue weighted by Gasteiger charge is -2.21. The number of nitrogens with zero attached hydrogens (tertiary/aromatic N) is 2. The minimum atomic E-state index is -4.76. The van der Waals surface area contributed by atoms with Gasteiger partial charge in [0.15, 0.2) is 0 Å². The van der Waals surface area contributed by atoms with Gasteiger partial charge in [0.05, 0.1) is 11.6 Å². The fourth-order valence-electron chi connectivity index (χ4n) is 3.60. The van der Waals surface area contributed by atoms with E-state index in [0.717, 1.165) is 28.2 Å². The minimum Gasteiger partial charge on any atom is -0.439 e. The second kappa shape index (κ2) is 9.15. The number of benzene rings is 2. The van der Waals surface area contributed by atoms with Crippen LogP contribution < -0.4 is 5.32 Å². The summed E-state index contributed by atoms with van der Waals surface area (Å²) < 4.78 is 58.0. The van der Waals surface area contributed by atoms with Gasteiger partial charge in [0.25, 0.3) is 0 Å². The number of ether oxygens (including phenoxy) is 1. The van der Waals surface area contributed by atoms with Crippen LogP contribution in [0.3, 0.4) is 0 Å². The molecule has 1 saturated heterocycles. The monoisotopic (exact) mass is 453 g/mol. The first-order valence-corrected chi connectivity index (χ1v) is 9.84. The molecule has 1 aliphatic rings. The Kier molecular flexibility index (Phi) is 6.73. The summed E-state index contributed by atoms with van der Waals surface area (Å²) in [5, 5.41) is 2.65. The molecule has 3 amide bonds. The topological polar surface area (TPSA) is 61.9 Å². The lowest BCUT2D eigenvalue weighted by atomic mass is 10.0. The van der Waals surface area contributed by atoms with E-state index in [1.807, 2.05) is 43.3 Å². The Morgan fingerprint density at radius 3 is 2.44 bits per heavy atom. The van der Waals surface area contributed by atoms with E-state index in [0.29, 0.717) is 12.6 Å². The number of imide groups is 1. The number of carbonyl (C=O) groups is 2. The fourth-order valence-corrected chi connectivity index (χ4v) is 3.60. The first-order valence-electron chi connectivity index (χ1n) is 9.84. The maximum atomic E-state index is 13.8. The molecule has 1 aliphatic heterocycles. The van der Waals surface area contributed by atoms with Gasteiger partial charge in [-0.2, -0.15) is 13.2 Å². The number of rotatable bonds is 5. The number of cyclic esters (lactones) is 1. The predicted molar refractivity (Wildman–Crippen MR) is 108 cm³/mol. The highest BCUT2D eigenvalue weighted by molar-refractivity contribution is 5.92. The molecule has 2 aromatic rings. The molecule has 0 aromatic heterocycles. The molecule has 0 saturated carbocycles. The van der Waals surface area contributed by atoms with E-state index < -0.39 is 41.8 Å². The average Bonchev–Trinajstić information content (AvgIpc) is 2.99. The van der Waals surface area contributed by atoms with Crippen LogP contribution in [0.1, 0.15) is 35.3 Å². The van der Waals surface area contributed by atoms with Crippen molar-refractivity contribution in [2.45, 2.75) is 38.3 Å². The van der Waals surface area contributed by atoms with Crippen molar-refractivity contribution in [3.63, 3.8) is 0 Å². The van der Waals surface area contributed by atoms with Crippen LogP contribution in [0.25, 0.3) is 0 Å². The van der Waals surface area contributed by atoms with Crippen LogP contribution in [0, 0.1) is 5.82 Å². The van der Waals surface area contributed by atoms with Gasteiger partial charge < -0.3 is 15.0 Å². The van der Waals surface area contributed by atoms with Crippen molar-refractivity contribution >= 4 is 12.1 Å². The molecule has 1 heterocycles. The normalized spacial score (nSPS) is 18.8. The lowest BCUT2D eigenvalue weighted by molar-refractivity contribution is -0.137. The maximum Gasteiger partial charge on any atom is 0.419 e. The van der Waals surface area contributed by atoms with Crippen molar-refractivity contribution in [1.82, 2.24) is 15.1 Å². The second-order valence-corrected chi connectivity index (χ2v) is 7.85. The molecular weight excluding hydrogens is 430 g/mol. The van der Waals surface area contributed by atoms with Crippen LogP contribution in [0.2, 0.25) is 0 Å². The molecule has 0 bridgehead atoms. The van der Waals surface area contributed by atoms with E-state index in [2.05, 4.69) is 5.32 Å². The molecule has 1 N–H and O–H groups in total. The first kappa shape index (κ1) is 23.5. The Bertz CT molecular complexity index is 1010. The van der Waals surface area contributed by atoms with Gasteiger partial charge in [-0.1, -0.05) is 24.3 Å². The molecular formula is C22H23F4N3O3. The Morgan fingerprint density at radius 2 is 1.81 bits per heavy atom. The zero-order valence-electron chi connectivity index (χ0n) is 17.7. The van der Waals surface area contributed by atoms with Crippen LogP contribution in [0.5, 0.6) is 0 Å². The highest BCUT2D eigenvalue weighted by atomic mass is 19.4. The molecule has 0 radical (unpaired) electrons. The summed E-state index contributed by atoms with van der Waals surface area (Å²) in [5.41, 5.74) is 0.472. The van der Waals surface area contributed by atoms with Gasteiger partial charge in [-0.3, -0.25) is 0 Å². The Labute approximate surface area is 182 Å². The Morgan fingerprint density at radius 1 is 1.16 bits per heavy atom. The van der Waals surface area contributed by atoms with Gasteiger partial charge in [0.2, 0.25) is 0 Å². The predicted octanol–water partition coefficient (Wildman–Crippen LogP) is 4.70. The summed E-state index contributed by atoms with van der Waals surface area (Å²) in [6, 6.07) is 7.72. The van der Waals surface area contributed by atoms with Crippen LogP contribution >= 0.6 is 0 Å². The standard InChI is InChI=1S/C22H23F4N3O3/c1-13-19(16-8-17(22(24,25)26)10-18(23)9-16)32-21(31)29(13)20(30)27-11-14-6-4-5-7-15(14)12-28(2)3/h4-10,13,19H,11-12H2,1-3H3,(H,27,30)/t13-,19-/m0/s1. The average molecular weight is 453 g/mol. The SMILES string of the molecule is C[C@H]1[C@@H](c2cc(F)cc(C(F)(F)F)c2)OC(=O)N1C(=O)NCc1ccccc1CN(C)C. The number of halogens is 4. The first-order chi connectivity index (χ1) is 15.0. The molecule has 0 aliphatic carbocycles. The minimum absolute atomic E-state index is 0.141. The Balaban J connectivity index is 1.75. The van der Waals surface area contributed by atoms with Gasteiger partial charge in [-0.25, -0.2) is 18.9 Å². The van der Waals surface area contributed by atoms with E-state index in [4.69, 9.17) is 4.74 Å². The Hall–Kier alpha value is -3.14. The van der Waals surface area contributed by atoms with Gasteiger partial charge in [0, 0.05) is 13.1 Å².